The maximum atomic E-state index is 11.6. The molecule has 0 aromatic rings. The standard InChI is InChI=1S/C13H23NO3/c1-4-17-13(16)6-5-12(15)9-14(3)8-11-7-10(11)2/h10-11H,4-9H2,1-3H3. The van der Waals surface area contributed by atoms with E-state index in [-0.39, 0.29) is 18.2 Å². The summed E-state index contributed by atoms with van der Waals surface area (Å²) >= 11 is 0. The molecule has 1 aliphatic carbocycles. The zero-order valence-corrected chi connectivity index (χ0v) is 11.1. The van der Waals surface area contributed by atoms with Crippen LogP contribution in [0.3, 0.4) is 0 Å². The van der Waals surface area contributed by atoms with Crippen LogP contribution < -0.4 is 0 Å². The SMILES string of the molecule is CCOC(=O)CCC(=O)CN(C)CC1CC1C. The quantitative estimate of drug-likeness (QED) is 0.604. The molecule has 0 aromatic carbocycles. The van der Waals surface area contributed by atoms with Gasteiger partial charge in [-0.05, 0) is 32.2 Å². The van der Waals surface area contributed by atoms with Gasteiger partial charge in [0.15, 0.2) is 0 Å². The van der Waals surface area contributed by atoms with E-state index in [9.17, 15) is 9.59 Å². The molecule has 98 valence electrons. The number of Topliss-reactive ketones (excluding diaryl/α,β-unsaturated/α-hetero) is 1. The van der Waals surface area contributed by atoms with Gasteiger partial charge in [0.05, 0.1) is 19.6 Å². The van der Waals surface area contributed by atoms with E-state index in [0.29, 0.717) is 19.6 Å². The molecule has 0 saturated heterocycles. The van der Waals surface area contributed by atoms with Crippen molar-refractivity contribution >= 4 is 11.8 Å². The molecule has 1 aliphatic rings. The predicted molar refractivity (Wildman–Crippen MR) is 65.6 cm³/mol. The second-order valence-electron chi connectivity index (χ2n) is 5.01. The molecule has 2 atom stereocenters. The molecular formula is C13H23NO3. The average molecular weight is 241 g/mol. The van der Waals surface area contributed by atoms with Crippen molar-refractivity contribution < 1.29 is 14.3 Å². The monoisotopic (exact) mass is 241 g/mol. The highest BCUT2D eigenvalue weighted by atomic mass is 16.5. The van der Waals surface area contributed by atoms with Crippen LogP contribution in [-0.2, 0) is 14.3 Å². The van der Waals surface area contributed by atoms with Gasteiger partial charge in [0.1, 0.15) is 5.78 Å². The number of hydrogen-bond donors (Lipinski definition) is 0. The fourth-order valence-corrected chi connectivity index (χ4v) is 1.97. The molecule has 0 aromatic heterocycles. The van der Waals surface area contributed by atoms with Crippen molar-refractivity contribution in [2.75, 3.05) is 26.7 Å². The van der Waals surface area contributed by atoms with Gasteiger partial charge in [0.25, 0.3) is 0 Å². The van der Waals surface area contributed by atoms with Gasteiger partial charge in [-0.25, -0.2) is 0 Å². The Kier molecular flexibility index (Phi) is 5.62. The van der Waals surface area contributed by atoms with Gasteiger partial charge >= 0.3 is 5.97 Å². The van der Waals surface area contributed by atoms with Gasteiger partial charge in [-0.15, -0.1) is 0 Å². The smallest absolute Gasteiger partial charge is 0.306 e. The van der Waals surface area contributed by atoms with Crippen molar-refractivity contribution in [2.24, 2.45) is 11.8 Å². The number of carbonyl (C=O) groups is 2. The lowest BCUT2D eigenvalue weighted by molar-refractivity contribution is -0.144. The summed E-state index contributed by atoms with van der Waals surface area (Å²) in [5.74, 6) is 1.41. The number of nitrogens with zero attached hydrogens (tertiary/aromatic N) is 1. The first-order chi connectivity index (χ1) is 8.02. The van der Waals surface area contributed by atoms with Crippen LogP contribution >= 0.6 is 0 Å². The molecule has 0 spiro atoms. The highest BCUT2D eigenvalue weighted by Gasteiger charge is 2.33. The van der Waals surface area contributed by atoms with E-state index in [0.717, 1.165) is 18.4 Å². The summed E-state index contributed by atoms with van der Waals surface area (Å²) in [4.78, 5) is 24.7. The van der Waals surface area contributed by atoms with Crippen LogP contribution in [0.25, 0.3) is 0 Å². The lowest BCUT2D eigenvalue weighted by Gasteiger charge is -2.15. The van der Waals surface area contributed by atoms with Gasteiger partial charge in [-0.1, -0.05) is 6.92 Å². The Balaban J connectivity index is 2.09. The van der Waals surface area contributed by atoms with Crippen LogP contribution in [0.1, 0.15) is 33.1 Å². The minimum Gasteiger partial charge on any atom is -0.466 e. The Morgan fingerprint density at radius 1 is 1.35 bits per heavy atom. The minimum absolute atomic E-state index is 0.119. The van der Waals surface area contributed by atoms with Crippen molar-refractivity contribution in [3.63, 3.8) is 0 Å². The van der Waals surface area contributed by atoms with E-state index in [2.05, 4.69) is 11.8 Å². The molecule has 17 heavy (non-hydrogen) atoms. The number of rotatable bonds is 8. The van der Waals surface area contributed by atoms with Crippen LogP contribution in [0, 0.1) is 11.8 Å². The van der Waals surface area contributed by atoms with Crippen LogP contribution in [0.4, 0.5) is 0 Å². The first kappa shape index (κ1) is 14.2. The fourth-order valence-electron chi connectivity index (χ4n) is 1.97. The summed E-state index contributed by atoms with van der Waals surface area (Å²) in [6.45, 7) is 5.83. The van der Waals surface area contributed by atoms with Gasteiger partial charge in [-0.2, -0.15) is 0 Å². The summed E-state index contributed by atoms with van der Waals surface area (Å²) in [6.07, 6.45) is 1.78. The summed E-state index contributed by atoms with van der Waals surface area (Å²) in [7, 11) is 1.97. The van der Waals surface area contributed by atoms with Gasteiger partial charge in [0, 0.05) is 13.0 Å². The van der Waals surface area contributed by atoms with E-state index in [1.54, 1.807) is 6.92 Å². The number of hydrogen-bond acceptors (Lipinski definition) is 4. The minimum atomic E-state index is -0.278. The highest BCUT2D eigenvalue weighted by Crippen LogP contribution is 2.37. The average Bonchev–Trinajstić information content (AvgIpc) is 2.91. The fraction of sp³-hybridized carbons (Fsp3) is 0.846. The maximum Gasteiger partial charge on any atom is 0.306 e. The molecule has 4 nitrogen and oxygen atoms in total. The molecular weight excluding hydrogens is 218 g/mol. The normalized spacial score (nSPS) is 22.6. The van der Waals surface area contributed by atoms with Crippen LogP contribution in [0.5, 0.6) is 0 Å². The maximum absolute atomic E-state index is 11.6. The number of likely N-dealkylation sites (N-methyl/N-ethyl adjacent to an activating group) is 1. The molecule has 0 amide bonds. The van der Waals surface area contributed by atoms with E-state index >= 15 is 0 Å². The molecule has 0 heterocycles. The topological polar surface area (TPSA) is 46.6 Å². The van der Waals surface area contributed by atoms with E-state index in [4.69, 9.17) is 4.74 Å². The lowest BCUT2D eigenvalue weighted by Crippen LogP contribution is -2.28. The number of esters is 1. The first-order valence-corrected chi connectivity index (χ1v) is 6.38. The van der Waals surface area contributed by atoms with Crippen molar-refractivity contribution in [1.29, 1.82) is 0 Å². The third-order valence-electron chi connectivity index (χ3n) is 3.18. The summed E-state index contributed by atoms with van der Waals surface area (Å²) < 4.78 is 4.78. The Hall–Kier alpha value is -0.900. The van der Waals surface area contributed by atoms with Gasteiger partial charge in [0.2, 0.25) is 0 Å². The van der Waals surface area contributed by atoms with Crippen molar-refractivity contribution in [1.82, 2.24) is 4.90 Å². The van der Waals surface area contributed by atoms with Crippen molar-refractivity contribution in [3.05, 3.63) is 0 Å². The highest BCUT2D eigenvalue weighted by molar-refractivity contribution is 5.84. The third kappa shape index (κ3) is 5.82. The zero-order valence-electron chi connectivity index (χ0n) is 11.1. The van der Waals surface area contributed by atoms with Gasteiger partial charge in [-0.3, -0.25) is 14.5 Å². The second kappa shape index (κ2) is 6.74. The second-order valence-corrected chi connectivity index (χ2v) is 5.01. The largest absolute Gasteiger partial charge is 0.466 e. The molecule has 1 fully saturated rings. The summed E-state index contributed by atoms with van der Waals surface area (Å²) in [6, 6.07) is 0. The molecule has 0 aliphatic heterocycles. The Morgan fingerprint density at radius 3 is 2.53 bits per heavy atom. The zero-order chi connectivity index (χ0) is 12.8. The Labute approximate surface area is 103 Å². The number of ketones is 1. The number of ether oxygens (including phenoxy) is 1. The molecule has 1 rings (SSSR count). The third-order valence-corrected chi connectivity index (χ3v) is 3.18. The van der Waals surface area contributed by atoms with E-state index in [1.807, 2.05) is 7.05 Å². The molecule has 1 saturated carbocycles. The lowest BCUT2D eigenvalue weighted by atomic mass is 10.2. The Bertz CT molecular complexity index is 278. The summed E-state index contributed by atoms with van der Waals surface area (Å²) in [5, 5.41) is 0. The molecule has 0 bridgehead atoms. The molecule has 4 heteroatoms. The molecule has 2 unspecified atom stereocenters. The van der Waals surface area contributed by atoms with Crippen molar-refractivity contribution in [2.45, 2.75) is 33.1 Å². The van der Waals surface area contributed by atoms with E-state index < -0.39 is 0 Å². The molecule has 0 radical (unpaired) electrons. The van der Waals surface area contributed by atoms with Gasteiger partial charge < -0.3 is 4.74 Å². The Morgan fingerprint density at radius 2 is 2.00 bits per heavy atom. The summed E-state index contributed by atoms with van der Waals surface area (Å²) in [5.41, 5.74) is 0. The number of carbonyl (C=O) groups excluding carboxylic acids is 2. The predicted octanol–water partition coefficient (Wildman–Crippen LogP) is 1.49. The van der Waals surface area contributed by atoms with Crippen LogP contribution in [-0.4, -0.2) is 43.4 Å². The van der Waals surface area contributed by atoms with Crippen LogP contribution in [0.2, 0.25) is 0 Å². The van der Waals surface area contributed by atoms with Crippen LogP contribution in [0.15, 0.2) is 0 Å². The van der Waals surface area contributed by atoms with Crippen molar-refractivity contribution in [3.8, 4) is 0 Å². The van der Waals surface area contributed by atoms with E-state index in [1.165, 1.54) is 6.42 Å². The first-order valence-electron chi connectivity index (χ1n) is 6.38. The molecule has 0 N–H and O–H groups in total.